The summed E-state index contributed by atoms with van der Waals surface area (Å²) in [6, 6.07) is 69.9. The SMILES string of the molecule is c1ccc(-c2cccc(N(c3ccc4c5cccc6cccc(c7cccc3c74)c65)c3ccc4c5cccc6cccc(c7cccc3c74)c65)c2)cc1. The van der Waals surface area contributed by atoms with Gasteiger partial charge in [-0.05, 0) is 111 Å². The molecule has 12 aromatic rings. The van der Waals surface area contributed by atoms with Gasteiger partial charge in [-0.15, -0.1) is 0 Å². The normalized spacial score (nSPS) is 12.2. The first-order valence-corrected chi connectivity index (χ1v) is 18.4. The largest absolute Gasteiger partial charge is 0.309 e. The molecule has 1 nitrogen and oxygen atoms in total. The first kappa shape index (κ1) is 28.7. The molecule has 0 amide bonds. The molecule has 0 atom stereocenters. The molecule has 1 heteroatoms. The van der Waals surface area contributed by atoms with Gasteiger partial charge in [-0.2, -0.15) is 0 Å². The maximum absolute atomic E-state index is 2.51. The Kier molecular flexibility index (Phi) is 5.84. The molecule has 0 heterocycles. The van der Waals surface area contributed by atoms with Gasteiger partial charge >= 0.3 is 0 Å². The van der Waals surface area contributed by atoms with Crippen LogP contribution in [0.4, 0.5) is 17.1 Å². The maximum Gasteiger partial charge on any atom is 0.0540 e. The first-order valence-electron chi connectivity index (χ1n) is 18.4. The van der Waals surface area contributed by atoms with Crippen LogP contribution in [0.5, 0.6) is 0 Å². The molecule has 0 saturated carbocycles. The van der Waals surface area contributed by atoms with Gasteiger partial charge in [-0.25, -0.2) is 0 Å². The van der Waals surface area contributed by atoms with E-state index in [0.29, 0.717) is 0 Å². The molecule has 244 valence electrons. The van der Waals surface area contributed by atoms with E-state index in [0.717, 1.165) is 5.69 Å². The van der Waals surface area contributed by atoms with E-state index in [1.165, 1.54) is 109 Å². The summed E-state index contributed by atoms with van der Waals surface area (Å²) >= 11 is 0. The molecule has 0 aliphatic carbocycles. The Labute approximate surface area is 306 Å². The van der Waals surface area contributed by atoms with Crippen LogP contribution in [-0.4, -0.2) is 0 Å². The Balaban J connectivity index is 1.21. The van der Waals surface area contributed by atoms with Gasteiger partial charge in [0.2, 0.25) is 0 Å². The molecule has 0 saturated heterocycles. The zero-order valence-electron chi connectivity index (χ0n) is 28.8. The predicted octanol–water partition coefficient (Wildman–Crippen LogP) is 14.9. The highest BCUT2D eigenvalue weighted by Crippen LogP contribution is 2.50. The molecular formula is C52H31N. The lowest BCUT2D eigenvalue weighted by atomic mass is 9.88. The smallest absolute Gasteiger partial charge is 0.0540 e. The van der Waals surface area contributed by atoms with E-state index in [-0.39, 0.29) is 0 Å². The Bertz CT molecular complexity index is 3110. The predicted molar refractivity (Wildman–Crippen MR) is 229 cm³/mol. The lowest BCUT2D eigenvalue weighted by molar-refractivity contribution is 1.32. The lowest BCUT2D eigenvalue weighted by Gasteiger charge is -2.30. The van der Waals surface area contributed by atoms with E-state index in [2.05, 4.69) is 193 Å². The van der Waals surface area contributed by atoms with Gasteiger partial charge in [0.25, 0.3) is 0 Å². The fourth-order valence-electron chi connectivity index (χ4n) is 9.51. The number of benzene rings is 12. The lowest BCUT2D eigenvalue weighted by Crippen LogP contribution is -2.11. The van der Waals surface area contributed by atoms with Crippen LogP contribution in [0.15, 0.2) is 188 Å². The van der Waals surface area contributed by atoms with Crippen molar-refractivity contribution in [3.8, 4) is 11.1 Å². The van der Waals surface area contributed by atoms with Crippen molar-refractivity contribution in [2.75, 3.05) is 4.90 Å². The van der Waals surface area contributed by atoms with Crippen LogP contribution >= 0.6 is 0 Å². The van der Waals surface area contributed by atoms with Crippen molar-refractivity contribution in [3.63, 3.8) is 0 Å². The highest BCUT2D eigenvalue weighted by atomic mass is 15.1. The summed E-state index contributed by atoms with van der Waals surface area (Å²) < 4.78 is 0. The highest BCUT2D eigenvalue weighted by molar-refractivity contribution is 6.36. The Morgan fingerprint density at radius 3 is 1.11 bits per heavy atom. The zero-order chi connectivity index (χ0) is 34.6. The van der Waals surface area contributed by atoms with Crippen LogP contribution in [-0.2, 0) is 0 Å². The Morgan fingerprint density at radius 2 is 0.623 bits per heavy atom. The summed E-state index contributed by atoms with van der Waals surface area (Å²) in [7, 11) is 0. The summed E-state index contributed by atoms with van der Waals surface area (Å²) in [5.41, 5.74) is 5.87. The molecule has 0 N–H and O–H groups in total. The number of rotatable bonds is 4. The minimum Gasteiger partial charge on any atom is -0.309 e. The standard InChI is InChI=1S/C52H31N/c1-2-11-32(12-3-1)35-17-4-18-36(31-35)53(47-29-27-43-39-21-7-15-33-13-5-19-37(49(33)39)41-23-9-25-45(47)51(41)43)48-30-28-44-40-22-8-16-34-14-6-20-38(50(34)40)42-24-10-26-46(48)52(42)44/h1-31H. The van der Waals surface area contributed by atoms with Crippen LogP contribution in [0.1, 0.15) is 0 Å². The van der Waals surface area contributed by atoms with E-state index in [1.807, 2.05) is 0 Å². The van der Waals surface area contributed by atoms with Crippen LogP contribution in [0, 0.1) is 0 Å². The van der Waals surface area contributed by atoms with Crippen molar-refractivity contribution < 1.29 is 0 Å². The minimum atomic E-state index is 1.13. The number of nitrogens with zero attached hydrogens (tertiary/aromatic N) is 1. The van der Waals surface area contributed by atoms with Crippen LogP contribution in [0.2, 0.25) is 0 Å². The summed E-state index contributed by atoms with van der Waals surface area (Å²) in [5.74, 6) is 0. The van der Waals surface area contributed by atoms with Gasteiger partial charge in [-0.1, -0.05) is 164 Å². The maximum atomic E-state index is 2.51. The third-order valence-corrected chi connectivity index (χ3v) is 11.7. The minimum absolute atomic E-state index is 1.13. The molecular weight excluding hydrogens is 639 g/mol. The van der Waals surface area contributed by atoms with Crippen molar-refractivity contribution >= 4 is 103 Å². The van der Waals surface area contributed by atoms with Gasteiger partial charge in [0, 0.05) is 16.5 Å². The second-order valence-corrected chi connectivity index (χ2v) is 14.4. The van der Waals surface area contributed by atoms with Gasteiger partial charge in [0.15, 0.2) is 0 Å². The molecule has 12 aromatic carbocycles. The molecule has 0 spiro atoms. The monoisotopic (exact) mass is 669 g/mol. The summed E-state index contributed by atoms with van der Waals surface area (Å²) in [5, 5.41) is 20.8. The van der Waals surface area contributed by atoms with Gasteiger partial charge < -0.3 is 4.90 Å². The molecule has 0 aromatic heterocycles. The number of anilines is 3. The fraction of sp³-hybridized carbons (Fsp3) is 0. The topological polar surface area (TPSA) is 3.24 Å². The number of fused-ring (bicyclic) bond motifs is 4. The third-order valence-electron chi connectivity index (χ3n) is 11.7. The average Bonchev–Trinajstić information content (AvgIpc) is 3.23. The highest BCUT2D eigenvalue weighted by Gasteiger charge is 2.23. The van der Waals surface area contributed by atoms with Crippen molar-refractivity contribution in [1.29, 1.82) is 0 Å². The van der Waals surface area contributed by atoms with E-state index >= 15 is 0 Å². The van der Waals surface area contributed by atoms with Crippen molar-refractivity contribution in [2.45, 2.75) is 0 Å². The summed E-state index contributed by atoms with van der Waals surface area (Å²) in [4.78, 5) is 2.51. The van der Waals surface area contributed by atoms with Crippen LogP contribution < -0.4 is 4.90 Å². The van der Waals surface area contributed by atoms with Crippen molar-refractivity contribution in [2.24, 2.45) is 0 Å². The van der Waals surface area contributed by atoms with E-state index in [4.69, 9.17) is 0 Å². The molecule has 0 aliphatic heterocycles. The molecule has 12 rings (SSSR count). The van der Waals surface area contributed by atoms with Gasteiger partial charge in [0.05, 0.1) is 11.4 Å². The molecule has 53 heavy (non-hydrogen) atoms. The van der Waals surface area contributed by atoms with Gasteiger partial charge in [-0.3, -0.25) is 0 Å². The molecule has 0 unspecified atom stereocenters. The molecule has 0 aliphatic rings. The Morgan fingerprint density at radius 1 is 0.245 bits per heavy atom. The molecule has 0 bridgehead atoms. The van der Waals surface area contributed by atoms with Crippen molar-refractivity contribution in [3.05, 3.63) is 188 Å². The number of hydrogen-bond donors (Lipinski definition) is 0. The fourth-order valence-corrected chi connectivity index (χ4v) is 9.51. The quantitative estimate of drug-likeness (QED) is 0.133. The zero-order valence-corrected chi connectivity index (χ0v) is 28.8. The summed E-state index contributed by atoms with van der Waals surface area (Å²) in [6.45, 7) is 0. The Hall–Kier alpha value is -6.96. The van der Waals surface area contributed by atoms with Gasteiger partial charge in [0.1, 0.15) is 0 Å². The van der Waals surface area contributed by atoms with E-state index in [1.54, 1.807) is 0 Å². The van der Waals surface area contributed by atoms with Crippen LogP contribution in [0.25, 0.3) is 97.3 Å². The van der Waals surface area contributed by atoms with Crippen LogP contribution in [0.3, 0.4) is 0 Å². The van der Waals surface area contributed by atoms with E-state index < -0.39 is 0 Å². The summed E-state index contributed by atoms with van der Waals surface area (Å²) in [6.07, 6.45) is 0. The molecule has 0 radical (unpaired) electrons. The van der Waals surface area contributed by atoms with E-state index in [9.17, 15) is 0 Å². The second-order valence-electron chi connectivity index (χ2n) is 14.4. The third kappa shape index (κ3) is 3.97. The van der Waals surface area contributed by atoms with Crippen molar-refractivity contribution in [1.82, 2.24) is 0 Å². The molecule has 0 fully saturated rings. The number of hydrogen-bond acceptors (Lipinski definition) is 1. The second kappa shape index (κ2) is 10.8. The first-order chi connectivity index (χ1) is 26.3. The average molecular weight is 670 g/mol.